The molecule has 3 saturated heterocycles. The van der Waals surface area contributed by atoms with Gasteiger partial charge in [0.1, 0.15) is 42.7 Å². The first-order valence-electron chi connectivity index (χ1n) is 12.9. The van der Waals surface area contributed by atoms with Gasteiger partial charge in [-0.15, -0.1) is 0 Å². The summed E-state index contributed by atoms with van der Waals surface area (Å²) in [5.41, 5.74) is 23.8. The lowest BCUT2D eigenvalue weighted by Gasteiger charge is -2.52. The molecule has 0 spiro atoms. The molecule has 1 saturated carbocycles. The van der Waals surface area contributed by atoms with Crippen molar-refractivity contribution < 1.29 is 54.3 Å². The fourth-order valence-corrected chi connectivity index (χ4v) is 5.71. The van der Waals surface area contributed by atoms with Crippen molar-refractivity contribution in [1.82, 2.24) is 5.32 Å². The van der Waals surface area contributed by atoms with Crippen LogP contribution in [0.2, 0.25) is 0 Å². The molecule has 0 aromatic heterocycles. The van der Waals surface area contributed by atoms with Gasteiger partial charge in [-0.05, 0) is 19.9 Å². The van der Waals surface area contributed by atoms with Crippen molar-refractivity contribution in [2.75, 3.05) is 20.2 Å². The molecule has 0 amide bonds. The van der Waals surface area contributed by atoms with Crippen LogP contribution in [0.5, 0.6) is 0 Å². The highest BCUT2D eigenvalue weighted by atomic mass is 16.8. The molecule has 3 heterocycles. The fraction of sp³-hybridized carbons (Fsp3) is 1.00. The highest BCUT2D eigenvalue weighted by molar-refractivity contribution is 5.01. The predicted molar refractivity (Wildman–Crippen MR) is 128 cm³/mol. The Kier molecular flexibility index (Phi) is 9.96. The molecule has 4 rings (SSSR count). The maximum absolute atomic E-state index is 11.2. The van der Waals surface area contributed by atoms with E-state index in [0.717, 1.165) is 0 Å². The first-order valence-corrected chi connectivity index (χ1v) is 12.9. The van der Waals surface area contributed by atoms with E-state index in [1.165, 1.54) is 0 Å². The first-order chi connectivity index (χ1) is 18.0. The third-order valence-corrected chi connectivity index (χ3v) is 8.11. The number of fused-ring (bicyclic) bond motifs is 1. The summed E-state index contributed by atoms with van der Waals surface area (Å²) in [5.74, 6) is -0.433. The number of likely N-dealkylation sites (N-methyl/N-ethyl adjacent to an activating group) is 1. The molecule has 16 nitrogen and oxygen atoms in total. The average molecular weight is 554 g/mol. The highest BCUT2D eigenvalue weighted by Crippen LogP contribution is 2.37. The molecule has 0 bridgehead atoms. The SMILES string of the molecule is CNC1C(OC2OC(CO)C(N)C(O)C2O)OC2CC(CN)C(OC3C(N)CC(N)C(O)C3O)OC2C1O. The molecule has 0 radical (unpaired) electrons. The van der Waals surface area contributed by atoms with E-state index in [4.69, 9.17) is 46.6 Å². The zero-order chi connectivity index (χ0) is 27.9. The largest absolute Gasteiger partial charge is 0.394 e. The maximum atomic E-state index is 11.2. The highest BCUT2D eigenvalue weighted by Gasteiger charge is 2.54. The third kappa shape index (κ3) is 5.73. The lowest BCUT2D eigenvalue weighted by molar-refractivity contribution is -0.377. The van der Waals surface area contributed by atoms with Crippen molar-refractivity contribution >= 4 is 0 Å². The quantitative estimate of drug-likeness (QED) is 0.140. The molecule has 17 unspecified atom stereocenters. The van der Waals surface area contributed by atoms with Crippen molar-refractivity contribution in [3.63, 3.8) is 0 Å². The van der Waals surface area contributed by atoms with Gasteiger partial charge in [0, 0.05) is 24.5 Å². The number of nitrogens with one attached hydrogen (secondary N) is 1. The van der Waals surface area contributed by atoms with Crippen molar-refractivity contribution in [2.24, 2.45) is 28.9 Å². The Morgan fingerprint density at radius 1 is 0.789 bits per heavy atom. The van der Waals surface area contributed by atoms with Crippen LogP contribution in [0.1, 0.15) is 12.8 Å². The summed E-state index contributed by atoms with van der Waals surface area (Å²) >= 11 is 0. The standard InChI is InChI=1S/C22H43N5O11/c1-27-12-15(31)19-9(34-21(12)38-22-17(33)14(30)11(26)10(5-28)35-22)2-6(4-23)20(37-19)36-18-8(25)3-7(24)13(29)16(18)32/h6-22,27-33H,2-5,23-26H2,1H3. The van der Waals surface area contributed by atoms with E-state index in [-0.39, 0.29) is 19.4 Å². The zero-order valence-corrected chi connectivity index (χ0v) is 21.2. The minimum atomic E-state index is -1.53. The van der Waals surface area contributed by atoms with Gasteiger partial charge in [-0.25, -0.2) is 0 Å². The monoisotopic (exact) mass is 553 g/mol. The molecule has 4 aliphatic rings. The lowest BCUT2D eigenvalue weighted by Crippen LogP contribution is -2.69. The topological polar surface area (TPSA) is 284 Å². The Hall–Kier alpha value is -0.640. The van der Waals surface area contributed by atoms with Gasteiger partial charge in [0.05, 0.1) is 30.9 Å². The summed E-state index contributed by atoms with van der Waals surface area (Å²) in [6.45, 7) is -0.393. The number of hydrogen-bond donors (Lipinski definition) is 11. The van der Waals surface area contributed by atoms with Crippen molar-refractivity contribution in [3.8, 4) is 0 Å². The Bertz CT molecular complexity index is 773. The van der Waals surface area contributed by atoms with E-state index in [9.17, 15) is 30.6 Å². The van der Waals surface area contributed by atoms with E-state index < -0.39 is 110 Å². The molecule has 17 atom stereocenters. The van der Waals surface area contributed by atoms with Crippen molar-refractivity contribution in [2.45, 2.75) is 111 Å². The minimum absolute atomic E-state index is 0.112. The van der Waals surface area contributed by atoms with Gasteiger partial charge in [0.25, 0.3) is 0 Å². The second kappa shape index (κ2) is 12.5. The number of nitrogens with two attached hydrogens (primary N) is 4. The fourth-order valence-electron chi connectivity index (χ4n) is 5.71. The molecular formula is C22H43N5O11. The summed E-state index contributed by atoms with van der Waals surface area (Å²) in [6.07, 6.45) is -13.3. The first kappa shape index (κ1) is 30.3. The van der Waals surface area contributed by atoms with E-state index in [1.54, 1.807) is 7.05 Å². The van der Waals surface area contributed by atoms with Crippen LogP contribution in [0.25, 0.3) is 0 Å². The van der Waals surface area contributed by atoms with Gasteiger partial charge in [-0.1, -0.05) is 0 Å². The molecule has 38 heavy (non-hydrogen) atoms. The second-order valence-electron chi connectivity index (χ2n) is 10.6. The number of aliphatic hydroxyl groups excluding tert-OH is 6. The molecule has 1 aliphatic carbocycles. The molecule has 0 aromatic carbocycles. The van der Waals surface area contributed by atoms with Crippen LogP contribution < -0.4 is 28.3 Å². The van der Waals surface area contributed by atoms with Crippen LogP contribution in [-0.4, -0.2) is 149 Å². The van der Waals surface area contributed by atoms with Gasteiger partial charge in [-0.3, -0.25) is 0 Å². The van der Waals surface area contributed by atoms with Crippen LogP contribution in [0.4, 0.5) is 0 Å². The van der Waals surface area contributed by atoms with E-state index in [1.807, 2.05) is 0 Å². The summed E-state index contributed by atoms with van der Waals surface area (Å²) < 4.78 is 29.6. The Labute approximate surface area is 220 Å². The second-order valence-corrected chi connectivity index (χ2v) is 10.6. The summed E-state index contributed by atoms with van der Waals surface area (Å²) in [6, 6.07) is -3.25. The van der Waals surface area contributed by atoms with Crippen LogP contribution in [0.15, 0.2) is 0 Å². The molecule has 0 aromatic rings. The van der Waals surface area contributed by atoms with Crippen LogP contribution in [-0.2, 0) is 23.7 Å². The molecule has 4 fully saturated rings. The van der Waals surface area contributed by atoms with Gasteiger partial charge >= 0.3 is 0 Å². The Morgan fingerprint density at radius 2 is 1.50 bits per heavy atom. The molecular weight excluding hydrogens is 510 g/mol. The van der Waals surface area contributed by atoms with Gasteiger partial charge < -0.3 is 82.6 Å². The maximum Gasteiger partial charge on any atom is 0.189 e. The normalized spacial score (nSPS) is 53.9. The predicted octanol–water partition coefficient (Wildman–Crippen LogP) is -6.70. The van der Waals surface area contributed by atoms with Crippen LogP contribution >= 0.6 is 0 Å². The van der Waals surface area contributed by atoms with Gasteiger partial charge in [-0.2, -0.15) is 0 Å². The minimum Gasteiger partial charge on any atom is -0.394 e. The average Bonchev–Trinajstić information content (AvgIpc) is 2.90. The Morgan fingerprint density at radius 3 is 2.13 bits per heavy atom. The van der Waals surface area contributed by atoms with Crippen LogP contribution in [0, 0.1) is 5.92 Å². The van der Waals surface area contributed by atoms with Gasteiger partial charge in [0.2, 0.25) is 0 Å². The summed E-state index contributed by atoms with van der Waals surface area (Å²) in [4.78, 5) is 0. The van der Waals surface area contributed by atoms with E-state index in [2.05, 4.69) is 5.32 Å². The zero-order valence-electron chi connectivity index (χ0n) is 21.2. The number of aliphatic hydroxyl groups is 6. The number of ether oxygens (including phenoxy) is 5. The summed E-state index contributed by atoms with van der Waals surface area (Å²) in [7, 11) is 1.56. The van der Waals surface area contributed by atoms with Crippen LogP contribution in [0.3, 0.4) is 0 Å². The molecule has 3 aliphatic heterocycles. The lowest BCUT2D eigenvalue weighted by atomic mass is 9.84. The van der Waals surface area contributed by atoms with E-state index >= 15 is 0 Å². The molecule has 222 valence electrons. The number of rotatable bonds is 7. The van der Waals surface area contributed by atoms with Gasteiger partial charge in [0.15, 0.2) is 18.9 Å². The third-order valence-electron chi connectivity index (χ3n) is 8.11. The Balaban J connectivity index is 1.46. The van der Waals surface area contributed by atoms with Crippen molar-refractivity contribution in [1.29, 1.82) is 0 Å². The number of hydrogen-bond acceptors (Lipinski definition) is 16. The smallest absolute Gasteiger partial charge is 0.189 e. The summed E-state index contributed by atoms with van der Waals surface area (Å²) in [5, 5.41) is 65.1. The van der Waals surface area contributed by atoms with E-state index in [0.29, 0.717) is 0 Å². The van der Waals surface area contributed by atoms with Crippen molar-refractivity contribution in [3.05, 3.63) is 0 Å². The molecule has 16 heteroatoms. The molecule has 15 N–H and O–H groups in total.